The molecule has 0 aliphatic carbocycles. The lowest BCUT2D eigenvalue weighted by atomic mass is 9.90. The highest BCUT2D eigenvalue weighted by Gasteiger charge is 2.40. The predicted molar refractivity (Wildman–Crippen MR) is 70.4 cm³/mol. The molecule has 0 aliphatic rings. The van der Waals surface area contributed by atoms with Gasteiger partial charge in [0.15, 0.2) is 0 Å². The first kappa shape index (κ1) is 18.8. The lowest BCUT2D eigenvalue weighted by Gasteiger charge is -2.27. The molecule has 0 radical (unpaired) electrons. The molecule has 0 saturated heterocycles. The highest BCUT2D eigenvalue weighted by atomic mass is 16.4. The quantitative estimate of drug-likeness (QED) is 0.371. The van der Waals surface area contributed by atoms with Gasteiger partial charge in [-0.1, -0.05) is 13.8 Å². The van der Waals surface area contributed by atoms with Crippen LogP contribution in [0.3, 0.4) is 0 Å². The van der Waals surface area contributed by atoms with Gasteiger partial charge in [-0.2, -0.15) is 0 Å². The van der Waals surface area contributed by atoms with Crippen LogP contribution in [-0.4, -0.2) is 50.7 Å². The maximum absolute atomic E-state index is 12.0. The highest BCUT2D eigenvalue weighted by Crippen LogP contribution is 2.15. The van der Waals surface area contributed by atoms with Crippen molar-refractivity contribution in [2.24, 2.45) is 11.7 Å². The molecular weight excluding hydrogens is 284 g/mol. The van der Waals surface area contributed by atoms with Gasteiger partial charge in [-0.25, -0.2) is 4.79 Å². The molecule has 0 aromatic carbocycles. The minimum absolute atomic E-state index is 0.0440. The minimum atomic E-state index is -2.21. The minimum Gasteiger partial charge on any atom is -0.481 e. The molecule has 0 aliphatic heterocycles. The lowest BCUT2D eigenvalue weighted by Crippen LogP contribution is -2.59. The number of rotatable bonds is 9. The molecular formula is C12H20N2O7. The smallest absolute Gasteiger partial charge is 0.326 e. The molecule has 0 unspecified atom stereocenters. The normalized spacial score (nSPS) is 12.8. The van der Waals surface area contributed by atoms with Crippen LogP contribution < -0.4 is 11.1 Å². The molecule has 0 aromatic rings. The van der Waals surface area contributed by atoms with Crippen molar-refractivity contribution >= 4 is 23.8 Å². The second kappa shape index (κ2) is 7.58. The Hall–Kier alpha value is -2.16. The van der Waals surface area contributed by atoms with Gasteiger partial charge in [0.2, 0.25) is 5.91 Å². The van der Waals surface area contributed by atoms with E-state index in [4.69, 9.17) is 21.1 Å². The van der Waals surface area contributed by atoms with Crippen molar-refractivity contribution < 1.29 is 34.5 Å². The highest BCUT2D eigenvalue weighted by molar-refractivity contribution is 5.95. The van der Waals surface area contributed by atoms with Gasteiger partial charge in [-0.15, -0.1) is 0 Å². The SMILES string of the molecule is CC(C)C[C@H](NC(=O)C(N)(CC(=O)O)CC(=O)O)C(=O)O. The van der Waals surface area contributed by atoms with E-state index in [2.05, 4.69) is 5.32 Å². The van der Waals surface area contributed by atoms with Gasteiger partial charge in [0.25, 0.3) is 0 Å². The molecule has 0 aromatic heterocycles. The number of nitrogens with two attached hydrogens (primary N) is 1. The van der Waals surface area contributed by atoms with Gasteiger partial charge < -0.3 is 26.4 Å². The summed E-state index contributed by atoms with van der Waals surface area (Å²) in [6, 6.07) is -1.26. The molecule has 6 N–H and O–H groups in total. The Morgan fingerprint density at radius 1 is 1.05 bits per heavy atom. The van der Waals surface area contributed by atoms with Crippen molar-refractivity contribution in [1.29, 1.82) is 0 Å². The fourth-order valence-corrected chi connectivity index (χ4v) is 1.76. The van der Waals surface area contributed by atoms with Crippen LogP contribution in [0.15, 0.2) is 0 Å². The molecule has 0 bridgehead atoms. The van der Waals surface area contributed by atoms with Crippen molar-refractivity contribution in [3.05, 3.63) is 0 Å². The first-order valence-electron chi connectivity index (χ1n) is 6.24. The topological polar surface area (TPSA) is 167 Å². The van der Waals surface area contributed by atoms with Crippen molar-refractivity contribution in [2.75, 3.05) is 0 Å². The lowest BCUT2D eigenvalue weighted by molar-refractivity contribution is -0.147. The molecule has 1 atom stereocenters. The van der Waals surface area contributed by atoms with E-state index in [1.807, 2.05) is 0 Å². The summed E-state index contributed by atoms with van der Waals surface area (Å²) in [6.45, 7) is 3.48. The van der Waals surface area contributed by atoms with E-state index < -0.39 is 48.2 Å². The summed E-state index contributed by atoms with van der Waals surface area (Å²) in [5.41, 5.74) is 3.35. The fourth-order valence-electron chi connectivity index (χ4n) is 1.76. The molecule has 120 valence electrons. The van der Waals surface area contributed by atoms with Gasteiger partial charge in [0.1, 0.15) is 11.6 Å². The number of aliphatic carboxylic acids is 3. The molecule has 0 spiro atoms. The molecule has 0 heterocycles. The van der Waals surface area contributed by atoms with Crippen molar-refractivity contribution in [1.82, 2.24) is 5.32 Å². The van der Waals surface area contributed by atoms with E-state index in [9.17, 15) is 19.2 Å². The third kappa shape index (κ3) is 6.70. The average Bonchev–Trinajstić information content (AvgIpc) is 2.24. The van der Waals surface area contributed by atoms with Gasteiger partial charge in [0, 0.05) is 0 Å². The Balaban J connectivity index is 5.14. The van der Waals surface area contributed by atoms with Gasteiger partial charge in [-0.3, -0.25) is 14.4 Å². The van der Waals surface area contributed by atoms with E-state index >= 15 is 0 Å². The molecule has 21 heavy (non-hydrogen) atoms. The Bertz CT molecular complexity index is 417. The Morgan fingerprint density at radius 2 is 1.48 bits per heavy atom. The second-order valence-corrected chi connectivity index (χ2v) is 5.29. The number of nitrogens with one attached hydrogen (secondary N) is 1. The summed E-state index contributed by atoms with van der Waals surface area (Å²) in [5, 5.41) is 28.6. The standard InChI is InChI=1S/C12H20N2O7/c1-6(2)3-7(10(19)20)14-11(21)12(13,4-8(15)16)5-9(17)18/h6-7H,3-5,13H2,1-2H3,(H,14,21)(H,15,16)(H,17,18)(H,19,20)/t7-/m0/s1. The zero-order chi connectivity index (χ0) is 16.8. The zero-order valence-electron chi connectivity index (χ0n) is 11.8. The summed E-state index contributed by atoms with van der Waals surface area (Å²) in [4.78, 5) is 44.5. The number of amides is 1. The summed E-state index contributed by atoms with van der Waals surface area (Å²) in [5.74, 6) is -5.36. The number of carbonyl (C=O) groups is 4. The first-order valence-corrected chi connectivity index (χ1v) is 6.24. The fraction of sp³-hybridized carbons (Fsp3) is 0.667. The molecule has 9 nitrogen and oxygen atoms in total. The van der Waals surface area contributed by atoms with Gasteiger partial charge in [-0.05, 0) is 12.3 Å². The van der Waals surface area contributed by atoms with Crippen LogP contribution in [0, 0.1) is 5.92 Å². The molecule has 0 fully saturated rings. The Kier molecular flexibility index (Phi) is 6.80. The van der Waals surface area contributed by atoms with Crippen LogP contribution in [-0.2, 0) is 19.2 Å². The van der Waals surface area contributed by atoms with Gasteiger partial charge in [0.05, 0.1) is 12.8 Å². The second-order valence-electron chi connectivity index (χ2n) is 5.29. The van der Waals surface area contributed by atoms with Crippen LogP contribution >= 0.6 is 0 Å². The van der Waals surface area contributed by atoms with Crippen LogP contribution in [0.4, 0.5) is 0 Å². The Labute approximate surface area is 121 Å². The summed E-state index contributed by atoms with van der Waals surface area (Å²) < 4.78 is 0. The van der Waals surface area contributed by atoms with Crippen molar-refractivity contribution in [2.45, 2.75) is 44.7 Å². The van der Waals surface area contributed by atoms with Crippen LogP contribution in [0.2, 0.25) is 0 Å². The van der Waals surface area contributed by atoms with E-state index in [-0.39, 0.29) is 12.3 Å². The zero-order valence-corrected chi connectivity index (χ0v) is 11.8. The third-order valence-corrected chi connectivity index (χ3v) is 2.70. The summed E-state index contributed by atoms with van der Waals surface area (Å²) in [7, 11) is 0. The van der Waals surface area contributed by atoms with Crippen LogP contribution in [0.5, 0.6) is 0 Å². The monoisotopic (exact) mass is 304 g/mol. The number of hydrogen-bond acceptors (Lipinski definition) is 5. The number of hydrogen-bond donors (Lipinski definition) is 5. The van der Waals surface area contributed by atoms with Crippen molar-refractivity contribution in [3.8, 4) is 0 Å². The predicted octanol–water partition coefficient (Wildman–Crippen LogP) is -0.751. The van der Waals surface area contributed by atoms with Crippen LogP contribution in [0.1, 0.15) is 33.1 Å². The van der Waals surface area contributed by atoms with E-state index in [1.165, 1.54) is 0 Å². The first-order chi connectivity index (χ1) is 9.47. The van der Waals surface area contributed by atoms with E-state index in [0.717, 1.165) is 0 Å². The molecule has 1 amide bonds. The summed E-state index contributed by atoms with van der Waals surface area (Å²) in [6.07, 6.45) is -1.73. The van der Waals surface area contributed by atoms with E-state index in [0.29, 0.717) is 0 Å². The summed E-state index contributed by atoms with van der Waals surface area (Å²) >= 11 is 0. The van der Waals surface area contributed by atoms with Crippen molar-refractivity contribution in [3.63, 3.8) is 0 Å². The molecule has 9 heteroatoms. The number of carboxylic acids is 3. The van der Waals surface area contributed by atoms with E-state index in [1.54, 1.807) is 13.8 Å². The third-order valence-electron chi connectivity index (χ3n) is 2.70. The maximum atomic E-state index is 12.0. The molecule has 0 saturated carbocycles. The van der Waals surface area contributed by atoms with Crippen LogP contribution in [0.25, 0.3) is 0 Å². The van der Waals surface area contributed by atoms with Gasteiger partial charge >= 0.3 is 17.9 Å². The maximum Gasteiger partial charge on any atom is 0.326 e. The molecule has 0 rings (SSSR count). The Morgan fingerprint density at radius 3 is 1.76 bits per heavy atom. The average molecular weight is 304 g/mol. The number of carboxylic acid groups (broad SMARTS) is 3. The number of carbonyl (C=O) groups excluding carboxylic acids is 1. The largest absolute Gasteiger partial charge is 0.481 e.